The lowest BCUT2D eigenvalue weighted by molar-refractivity contribution is 0.905. The maximum atomic E-state index is 5.41. The Balaban J connectivity index is 2.94. The normalized spacial score (nSPS) is 11.5. The molecule has 1 aromatic rings. The summed E-state index contributed by atoms with van der Waals surface area (Å²) in [5.74, 6) is 5.95. The highest BCUT2D eigenvalue weighted by Crippen LogP contribution is 2.34. The Kier molecular flexibility index (Phi) is 6.47. The van der Waals surface area contributed by atoms with Crippen molar-refractivity contribution in [2.24, 2.45) is 10.8 Å². The first-order valence-corrected chi connectivity index (χ1v) is 7.39. The molecule has 0 saturated carbocycles. The summed E-state index contributed by atoms with van der Waals surface area (Å²) in [6, 6.07) is 3.89. The zero-order chi connectivity index (χ0) is 12.8. The van der Waals surface area contributed by atoms with Gasteiger partial charge in [0.1, 0.15) is 0 Å². The van der Waals surface area contributed by atoms with Crippen LogP contribution in [0.1, 0.15) is 13.3 Å². The van der Waals surface area contributed by atoms with Crippen LogP contribution in [0.25, 0.3) is 0 Å². The Morgan fingerprint density at radius 2 is 1.88 bits per heavy atom. The molecule has 0 spiro atoms. The van der Waals surface area contributed by atoms with Gasteiger partial charge in [0.05, 0.1) is 5.69 Å². The summed E-state index contributed by atoms with van der Waals surface area (Å²) in [5, 5.41) is 3.13. The number of rotatable bonds is 3. The van der Waals surface area contributed by atoms with E-state index in [9.17, 15) is 0 Å². The highest BCUT2D eigenvalue weighted by molar-refractivity contribution is 9.11. The zero-order valence-electron chi connectivity index (χ0n) is 9.23. The summed E-state index contributed by atoms with van der Waals surface area (Å²) < 4.78 is 2.81. The summed E-state index contributed by atoms with van der Waals surface area (Å²) in [7, 11) is 0. The number of anilines is 1. The molecule has 4 nitrogen and oxygen atoms in total. The van der Waals surface area contributed by atoms with Gasteiger partial charge in [-0.15, -0.1) is 0 Å². The van der Waals surface area contributed by atoms with E-state index >= 15 is 0 Å². The molecule has 0 radical (unpaired) electrons. The molecule has 0 heterocycles. The van der Waals surface area contributed by atoms with E-state index in [0.717, 1.165) is 32.1 Å². The van der Waals surface area contributed by atoms with Crippen LogP contribution in [0.4, 0.5) is 5.69 Å². The number of nitrogens with one attached hydrogen (secondary N) is 2. The molecule has 17 heavy (non-hydrogen) atoms. The van der Waals surface area contributed by atoms with E-state index in [-0.39, 0.29) is 0 Å². The van der Waals surface area contributed by atoms with Gasteiger partial charge in [0, 0.05) is 20.0 Å². The molecule has 0 unspecified atom stereocenters. The molecular weight excluding hydrogens is 416 g/mol. The predicted octanol–water partition coefficient (Wildman–Crippen LogP) is 3.62. The molecule has 0 atom stereocenters. The fourth-order valence-electron chi connectivity index (χ4n) is 1.12. The molecule has 0 aliphatic heterocycles. The van der Waals surface area contributed by atoms with Gasteiger partial charge in [-0.1, -0.05) is 22.9 Å². The van der Waals surface area contributed by atoms with E-state index in [0.29, 0.717) is 5.96 Å². The number of hydrazine groups is 1. The maximum Gasteiger partial charge on any atom is 0.210 e. The van der Waals surface area contributed by atoms with Gasteiger partial charge in [-0.3, -0.25) is 10.4 Å². The van der Waals surface area contributed by atoms with Crippen LogP contribution in [0.15, 0.2) is 30.5 Å². The van der Waals surface area contributed by atoms with Crippen molar-refractivity contribution in [2.45, 2.75) is 13.3 Å². The second-order valence-corrected chi connectivity index (χ2v) is 5.87. The van der Waals surface area contributed by atoms with Gasteiger partial charge >= 0.3 is 0 Å². The predicted molar refractivity (Wildman–Crippen MR) is 83.1 cm³/mol. The number of hydrogen-bond donors (Lipinski definition) is 3. The zero-order valence-corrected chi connectivity index (χ0v) is 14.0. The van der Waals surface area contributed by atoms with Gasteiger partial charge in [0.25, 0.3) is 0 Å². The van der Waals surface area contributed by atoms with Crippen molar-refractivity contribution in [1.29, 1.82) is 0 Å². The van der Waals surface area contributed by atoms with Gasteiger partial charge in [-0.05, 0) is 50.4 Å². The van der Waals surface area contributed by atoms with Crippen LogP contribution in [0.2, 0.25) is 0 Å². The van der Waals surface area contributed by atoms with Gasteiger partial charge in [0.15, 0.2) is 0 Å². The average molecular weight is 429 g/mol. The van der Waals surface area contributed by atoms with Crippen molar-refractivity contribution in [2.75, 3.05) is 11.9 Å². The van der Waals surface area contributed by atoms with Gasteiger partial charge in [-0.25, -0.2) is 5.84 Å². The minimum absolute atomic E-state index is 0.538. The summed E-state index contributed by atoms with van der Waals surface area (Å²) in [5.41, 5.74) is 3.42. The lowest BCUT2D eigenvalue weighted by atomic mass is 10.3. The van der Waals surface area contributed by atoms with Crippen molar-refractivity contribution in [3.05, 3.63) is 25.6 Å². The van der Waals surface area contributed by atoms with Crippen LogP contribution in [-0.4, -0.2) is 12.5 Å². The number of guanidine groups is 1. The fraction of sp³-hybridized carbons (Fsp3) is 0.300. The molecule has 94 valence electrons. The van der Waals surface area contributed by atoms with Crippen molar-refractivity contribution < 1.29 is 0 Å². The number of benzene rings is 1. The first kappa shape index (κ1) is 14.9. The van der Waals surface area contributed by atoms with E-state index in [1.54, 1.807) is 0 Å². The molecule has 1 rings (SSSR count). The maximum absolute atomic E-state index is 5.41. The minimum atomic E-state index is 0.538. The highest BCUT2D eigenvalue weighted by Gasteiger charge is 2.08. The summed E-state index contributed by atoms with van der Waals surface area (Å²) >= 11 is 10.4. The second-order valence-electron chi connectivity index (χ2n) is 3.24. The second kappa shape index (κ2) is 7.35. The topological polar surface area (TPSA) is 62.4 Å². The molecule has 0 aromatic heterocycles. The van der Waals surface area contributed by atoms with E-state index < -0.39 is 0 Å². The van der Waals surface area contributed by atoms with Crippen LogP contribution in [0.3, 0.4) is 0 Å². The lowest BCUT2D eigenvalue weighted by Crippen LogP contribution is -2.36. The Hall–Kier alpha value is -0.110. The largest absolute Gasteiger partial charge is 0.323 e. The third-order valence-electron chi connectivity index (χ3n) is 1.88. The van der Waals surface area contributed by atoms with Crippen LogP contribution in [0, 0.1) is 0 Å². The number of nitrogens with two attached hydrogens (primary N) is 1. The SMILES string of the molecule is CCCN=C(NN)Nc1c(Br)cc(Br)cc1Br. The van der Waals surface area contributed by atoms with Crippen LogP contribution in [0.5, 0.6) is 0 Å². The standard InChI is InChI=1S/C10H13Br3N4/c1-2-3-15-10(17-14)16-9-7(12)4-6(11)5-8(9)13/h4-5H,2-3,14H2,1H3,(H2,15,16,17). The smallest absolute Gasteiger partial charge is 0.210 e. The molecule has 0 fully saturated rings. The molecular formula is C10H13Br3N4. The molecule has 0 bridgehead atoms. The van der Waals surface area contributed by atoms with Gasteiger partial charge < -0.3 is 5.32 Å². The lowest BCUT2D eigenvalue weighted by Gasteiger charge is -2.13. The molecule has 0 saturated heterocycles. The Morgan fingerprint density at radius 1 is 1.29 bits per heavy atom. The number of nitrogens with zero attached hydrogens (tertiary/aromatic N) is 1. The van der Waals surface area contributed by atoms with Gasteiger partial charge in [0.2, 0.25) is 5.96 Å². The average Bonchev–Trinajstić information content (AvgIpc) is 2.27. The monoisotopic (exact) mass is 426 g/mol. The minimum Gasteiger partial charge on any atom is -0.323 e. The molecule has 1 aromatic carbocycles. The molecule has 0 aliphatic rings. The van der Waals surface area contributed by atoms with Crippen molar-refractivity contribution in [3.63, 3.8) is 0 Å². The van der Waals surface area contributed by atoms with Crippen LogP contribution < -0.4 is 16.6 Å². The third kappa shape index (κ3) is 4.57. The molecule has 0 aliphatic carbocycles. The van der Waals surface area contributed by atoms with Crippen LogP contribution in [-0.2, 0) is 0 Å². The fourth-order valence-corrected chi connectivity index (χ4v) is 3.58. The summed E-state index contributed by atoms with van der Waals surface area (Å²) in [4.78, 5) is 4.28. The molecule has 7 heteroatoms. The number of aliphatic imine (C=N–C) groups is 1. The quantitative estimate of drug-likeness (QED) is 0.298. The van der Waals surface area contributed by atoms with Crippen LogP contribution >= 0.6 is 47.8 Å². The molecule has 4 N–H and O–H groups in total. The highest BCUT2D eigenvalue weighted by atomic mass is 79.9. The first-order valence-electron chi connectivity index (χ1n) is 5.01. The van der Waals surface area contributed by atoms with E-state index in [4.69, 9.17) is 5.84 Å². The molecule has 0 amide bonds. The number of halogens is 3. The Labute approximate surface area is 126 Å². The van der Waals surface area contributed by atoms with Crippen molar-refractivity contribution in [1.82, 2.24) is 5.43 Å². The van der Waals surface area contributed by atoms with Crippen molar-refractivity contribution >= 4 is 59.4 Å². The summed E-state index contributed by atoms with van der Waals surface area (Å²) in [6.07, 6.45) is 0.968. The first-order chi connectivity index (χ1) is 8.08. The number of hydrogen-bond acceptors (Lipinski definition) is 2. The van der Waals surface area contributed by atoms with E-state index in [2.05, 4.69) is 70.4 Å². The van der Waals surface area contributed by atoms with E-state index in [1.807, 2.05) is 12.1 Å². The summed E-state index contributed by atoms with van der Waals surface area (Å²) in [6.45, 7) is 2.78. The van der Waals surface area contributed by atoms with Crippen molar-refractivity contribution in [3.8, 4) is 0 Å². The van der Waals surface area contributed by atoms with E-state index in [1.165, 1.54) is 0 Å². The Morgan fingerprint density at radius 3 is 2.35 bits per heavy atom. The Bertz CT molecular complexity index is 397. The third-order valence-corrected chi connectivity index (χ3v) is 3.59. The van der Waals surface area contributed by atoms with Gasteiger partial charge in [-0.2, -0.15) is 0 Å².